The molecule has 0 aliphatic heterocycles. The summed E-state index contributed by atoms with van der Waals surface area (Å²) in [5.74, 6) is 0.00965. The number of carbonyl (C=O) groups is 1. The van der Waals surface area contributed by atoms with E-state index in [1.807, 2.05) is 10.8 Å². The number of nitrogens with two attached hydrogens (primary N) is 1. The summed E-state index contributed by atoms with van der Waals surface area (Å²) in [5, 5.41) is 4.37. The van der Waals surface area contributed by atoms with E-state index in [-0.39, 0.29) is 5.78 Å². The summed E-state index contributed by atoms with van der Waals surface area (Å²) in [4.78, 5) is 12.0. The highest BCUT2D eigenvalue weighted by molar-refractivity contribution is 7.08. The lowest BCUT2D eigenvalue weighted by Crippen LogP contribution is -2.00. The van der Waals surface area contributed by atoms with Gasteiger partial charge < -0.3 is 5.73 Å². The molecule has 2 aromatic rings. The molecule has 3 rings (SSSR count). The smallest absolute Gasteiger partial charge is 0.197 e. The second kappa shape index (κ2) is 2.84. The number of rotatable bonds is 0. The van der Waals surface area contributed by atoms with Crippen LogP contribution < -0.4 is 5.73 Å². The lowest BCUT2D eigenvalue weighted by atomic mass is 10.1. The van der Waals surface area contributed by atoms with E-state index < -0.39 is 0 Å². The van der Waals surface area contributed by atoms with Crippen molar-refractivity contribution in [1.82, 2.24) is 0 Å². The van der Waals surface area contributed by atoms with Crippen LogP contribution in [0.2, 0.25) is 5.02 Å². The number of nitrogen functional groups attached to an aromatic ring is 1. The molecule has 1 aliphatic carbocycles. The van der Waals surface area contributed by atoms with Crippen LogP contribution in [0.15, 0.2) is 22.9 Å². The molecule has 0 saturated heterocycles. The molecular weight excluding hydrogens is 230 g/mol. The zero-order valence-electron chi connectivity index (χ0n) is 7.58. The van der Waals surface area contributed by atoms with Crippen molar-refractivity contribution in [1.29, 1.82) is 0 Å². The van der Waals surface area contributed by atoms with Crippen LogP contribution in [0, 0.1) is 0 Å². The van der Waals surface area contributed by atoms with E-state index in [0.29, 0.717) is 16.3 Å². The van der Waals surface area contributed by atoms with Crippen molar-refractivity contribution in [3.05, 3.63) is 39.0 Å². The van der Waals surface area contributed by atoms with Crippen molar-refractivity contribution in [3.63, 3.8) is 0 Å². The zero-order chi connectivity index (χ0) is 10.6. The highest BCUT2D eigenvalue weighted by Gasteiger charge is 2.29. The minimum absolute atomic E-state index is 0.00965. The molecule has 0 unspecified atom stereocenters. The van der Waals surface area contributed by atoms with E-state index in [9.17, 15) is 4.79 Å². The van der Waals surface area contributed by atoms with E-state index >= 15 is 0 Å². The van der Waals surface area contributed by atoms with Crippen molar-refractivity contribution in [2.75, 3.05) is 5.73 Å². The van der Waals surface area contributed by atoms with Crippen molar-refractivity contribution >= 4 is 34.4 Å². The van der Waals surface area contributed by atoms with Crippen LogP contribution in [0.4, 0.5) is 5.69 Å². The molecule has 1 heterocycles. The summed E-state index contributed by atoms with van der Waals surface area (Å²) >= 11 is 7.44. The second-order valence-corrected chi connectivity index (χ2v) is 4.63. The Hall–Kier alpha value is -1.32. The minimum Gasteiger partial charge on any atom is -0.398 e. The van der Waals surface area contributed by atoms with Gasteiger partial charge in [-0.15, -0.1) is 0 Å². The minimum atomic E-state index is 0.00965. The lowest BCUT2D eigenvalue weighted by molar-refractivity contribution is 0.104. The lowest BCUT2D eigenvalue weighted by Gasteiger charge is -2.03. The number of halogens is 1. The second-order valence-electron chi connectivity index (χ2n) is 3.45. The maximum absolute atomic E-state index is 12.0. The van der Waals surface area contributed by atoms with E-state index in [0.717, 1.165) is 16.7 Å². The van der Waals surface area contributed by atoms with Gasteiger partial charge in [0.2, 0.25) is 0 Å². The Morgan fingerprint density at radius 2 is 1.87 bits per heavy atom. The largest absolute Gasteiger partial charge is 0.398 e. The summed E-state index contributed by atoms with van der Waals surface area (Å²) in [6, 6.07) is 3.41. The molecule has 2 nitrogen and oxygen atoms in total. The first-order chi connectivity index (χ1) is 7.18. The summed E-state index contributed by atoms with van der Waals surface area (Å²) in [7, 11) is 0. The molecule has 1 aliphatic rings. The number of benzene rings is 1. The van der Waals surface area contributed by atoms with E-state index in [1.165, 1.54) is 11.3 Å². The Morgan fingerprint density at radius 1 is 1.13 bits per heavy atom. The maximum atomic E-state index is 12.0. The number of anilines is 1. The van der Waals surface area contributed by atoms with Crippen LogP contribution in [0.1, 0.15) is 15.9 Å². The predicted molar refractivity (Wildman–Crippen MR) is 62.6 cm³/mol. The first kappa shape index (κ1) is 8.95. The van der Waals surface area contributed by atoms with Crippen LogP contribution in [0.25, 0.3) is 11.1 Å². The molecule has 0 bridgehead atoms. The normalized spacial score (nSPS) is 12.7. The van der Waals surface area contributed by atoms with Crippen LogP contribution in [0.3, 0.4) is 0 Å². The first-order valence-corrected chi connectivity index (χ1v) is 5.71. The quantitative estimate of drug-likeness (QED) is 0.608. The molecule has 15 heavy (non-hydrogen) atoms. The molecular formula is C11H6ClNOS. The summed E-state index contributed by atoms with van der Waals surface area (Å²) in [6.07, 6.45) is 0. The van der Waals surface area contributed by atoms with Crippen molar-refractivity contribution in [2.24, 2.45) is 0 Å². The number of hydrogen-bond acceptors (Lipinski definition) is 3. The van der Waals surface area contributed by atoms with Crippen LogP contribution in [-0.2, 0) is 0 Å². The molecule has 4 heteroatoms. The Balaban J connectivity index is 2.43. The average molecular weight is 236 g/mol. The molecule has 0 atom stereocenters. The average Bonchev–Trinajstić information content (AvgIpc) is 2.70. The molecule has 1 aromatic carbocycles. The molecule has 1 aromatic heterocycles. The summed E-state index contributed by atoms with van der Waals surface area (Å²) in [6.45, 7) is 0. The highest BCUT2D eigenvalue weighted by atomic mass is 35.5. The van der Waals surface area contributed by atoms with Gasteiger partial charge in [-0.05, 0) is 23.1 Å². The van der Waals surface area contributed by atoms with Crippen molar-refractivity contribution in [2.45, 2.75) is 0 Å². The van der Waals surface area contributed by atoms with Crippen LogP contribution in [0.5, 0.6) is 0 Å². The third kappa shape index (κ3) is 1.07. The molecule has 0 radical (unpaired) electrons. The fraction of sp³-hybridized carbons (Fsp3) is 0. The van der Waals surface area contributed by atoms with E-state index in [4.69, 9.17) is 17.3 Å². The van der Waals surface area contributed by atoms with Crippen LogP contribution >= 0.6 is 22.9 Å². The Morgan fingerprint density at radius 3 is 2.67 bits per heavy atom. The summed E-state index contributed by atoms with van der Waals surface area (Å²) < 4.78 is 0. The SMILES string of the molecule is Nc1cc(Cl)cc2c1C(=O)c1cscc1-2. The standard InChI is InChI=1S/C11H6ClNOS/c12-5-1-6-7-3-15-4-8(7)11(14)10(6)9(13)2-5/h1-4H,13H2. The third-order valence-corrected chi connectivity index (χ3v) is 3.52. The zero-order valence-corrected chi connectivity index (χ0v) is 9.15. The molecule has 74 valence electrons. The molecule has 2 N–H and O–H groups in total. The van der Waals surface area contributed by atoms with Gasteiger partial charge in [0.05, 0.1) is 5.56 Å². The van der Waals surface area contributed by atoms with Gasteiger partial charge in [-0.3, -0.25) is 4.79 Å². The topological polar surface area (TPSA) is 43.1 Å². The van der Waals surface area contributed by atoms with Gasteiger partial charge in [0.25, 0.3) is 0 Å². The number of thiophene rings is 1. The Kier molecular flexibility index (Phi) is 1.69. The van der Waals surface area contributed by atoms with Gasteiger partial charge >= 0.3 is 0 Å². The van der Waals surface area contributed by atoms with Crippen LogP contribution in [-0.4, -0.2) is 5.78 Å². The monoisotopic (exact) mass is 235 g/mol. The summed E-state index contributed by atoms with van der Waals surface area (Å²) in [5.41, 5.74) is 9.41. The Labute approximate surface area is 95.3 Å². The number of carbonyl (C=O) groups excluding carboxylic acids is 1. The fourth-order valence-corrected chi connectivity index (χ4v) is 2.96. The predicted octanol–water partition coefficient (Wildman–Crippen LogP) is 3.20. The van der Waals surface area contributed by atoms with Crippen molar-refractivity contribution < 1.29 is 4.79 Å². The van der Waals surface area contributed by atoms with Gasteiger partial charge in [0.1, 0.15) is 0 Å². The van der Waals surface area contributed by atoms with Gasteiger partial charge in [0.15, 0.2) is 5.78 Å². The Bertz CT molecular complexity index is 588. The number of fused-ring (bicyclic) bond motifs is 3. The molecule has 0 saturated carbocycles. The number of ketones is 1. The van der Waals surface area contributed by atoms with Gasteiger partial charge in [-0.2, -0.15) is 11.3 Å². The first-order valence-electron chi connectivity index (χ1n) is 4.39. The van der Waals surface area contributed by atoms with Gasteiger partial charge in [-0.25, -0.2) is 0 Å². The third-order valence-electron chi connectivity index (χ3n) is 2.56. The number of hydrogen-bond donors (Lipinski definition) is 1. The van der Waals surface area contributed by atoms with E-state index in [1.54, 1.807) is 12.1 Å². The van der Waals surface area contributed by atoms with Gasteiger partial charge in [-0.1, -0.05) is 11.6 Å². The van der Waals surface area contributed by atoms with Crippen molar-refractivity contribution in [3.8, 4) is 11.1 Å². The molecule has 0 spiro atoms. The molecule has 0 fully saturated rings. The highest BCUT2D eigenvalue weighted by Crippen LogP contribution is 2.42. The fourth-order valence-electron chi connectivity index (χ4n) is 1.91. The molecule has 0 amide bonds. The van der Waals surface area contributed by atoms with E-state index in [2.05, 4.69) is 0 Å². The van der Waals surface area contributed by atoms with Gasteiger partial charge in [0, 0.05) is 27.2 Å². The maximum Gasteiger partial charge on any atom is 0.197 e.